The fraction of sp³-hybridized carbons (Fsp3) is 0.765. The number of hydrogen-bond donors (Lipinski definition) is 0. The van der Waals surface area contributed by atoms with Gasteiger partial charge < -0.3 is 4.43 Å². The van der Waals surface area contributed by atoms with Crippen LogP contribution in [0.3, 0.4) is 0 Å². The fourth-order valence-corrected chi connectivity index (χ4v) is 3.05. The van der Waals surface area contributed by atoms with Gasteiger partial charge in [0.25, 0.3) is 0 Å². The first-order chi connectivity index (χ1) is 8.38. The molecule has 1 nitrogen and oxygen atoms in total. The summed E-state index contributed by atoms with van der Waals surface area (Å²) in [5.74, 6) is 0.968. The summed E-state index contributed by atoms with van der Waals surface area (Å²) in [6.45, 7) is 24.3. The Morgan fingerprint density at radius 1 is 1.11 bits per heavy atom. The summed E-state index contributed by atoms with van der Waals surface area (Å²) in [5.41, 5.74) is 1.13. The molecule has 0 rings (SSSR count). The van der Waals surface area contributed by atoms with Crippen LogP contribution in [-0.2, 0) is 4.43 Å². The van der Waals surface area contributed by atoms with E-state index in [1.54, 1.807) is 0 Å². The van der Waals surface area contributed by atoms with Gasteiger partial charge in [-0.3, -0.25) is 0 Å². The van der Waals surface area contributed by atoms with Crippen LogP contribution in [0.15, 0.2) is 24.3 Å². The first kappa shape index (κ1) is 18.7. The van der Waals surface area contributed by atoms with Crippen LogP contribution < -0.4 is 0 Å². The summed E-state index contributed by atoms with van der Waals surface area (Å²) >= 11 is 0. The highest BCUT2D eigenvalue weighted by atomic mass is 28.4. The Morgan fingerprint density at radius 2 is 1.58 bits per heavy atom. The van der Waals surface area contributed by atoms with Crippen molar-refractivity contribution in [2.75, 3.05) is 0 Å². The highest BCUT2D eigenvalue weighted by molar-refractivity contribution is 6.74. The van der Waals surface area contributed by atoms with E-state index in [4.69, 9.17) is 4.43 Å². The Hall–Kier alpha value is -0.343. The molecular formula is C17H34OSi. The lowest BCUT2D eigenvalue weighted by atomic mass is 9.98. The molecule has 19 heavy (non-hydrogen) atoms. The summed E-state index contributed by atoms with van der Waals surface area (Å²) in [6.07, 6.45) is 4.67. The largest absolute Gasteiger partial charge is 0.410 e. The molecule has 0 heterocycles. The van der Waals surface area contributed by atoms with Gasteiger partial charge in [0.2, 0.25) is 0 Å². The average molecular weight is 283 g/mol. The van der Waals surface area contributed by atoms with Gasteiger partial charge in [0, 0.05) is 5.92 Å². The van der Waals surface area contributed by atoms with Crippen LogP contribution in [-0.4, -0.2) is 14.4 Å². The molecule has 0 N–H and O–H groups in total. The number of allylic oxidation sites excluding steroid dienone is 1. The van der Waals surface area contributed by atoms with Gasteiger partial charge in [0.1, 0.15) is 0 Å². The minimum absolute atomic E-state index is 0.135. The third-order valence-electron chi connectivity index (χ3n) is 3.99. The van der Waals surface area contributed by atoms with Gasteiger partial charge in [0.15, 0.2) is 8.32 Å². The van der Waals surface area contributed by atoms with Crippen LogP contribution in [0.4, 0.5) is 0 Å². The van der Waals surface area contributed by atoms with Crippen LogP contribution >= 0.6 is 0 Å². The zero-order chi connectivity index (χ0) is 15.4. The Morgan fingerprint density at radius 3 is 1.89 bits per heavy atom. The molecule has 0 aromatic carbocycles. The lowest BCUT2D eigenvalue weighted by Gasteiger charge is -2.40. The Balaban J connectivity index is 5.00. The summed E-state index contributed by atoms with van der Waals surface area (Å²) in [4.78, 5) is 0. The molecule has 112 valence electrons. The molecule has 0 bridgehead atoms. The molecule has 2 heteroatoms. The third-order valence-corrected chi connectivity index (χ3v) is 8.45. The molecule has 0 fully saturated rings. The van der Waals surface area contributed by atoms with Crippen molar-refractivity contribution < 1.29 is 4.43 Å². The average Bonchev–Trinajstić information content (AvgIpc) is 2.20. The molecule has 0 spiro atoms. The van der Waals surface area contributed by atoms with E-state index in [-0.39, 0.29) is 11.1 Å². The van der Waals surface area contributed by atoms with Gasteiger partial charge in [-0.15, -0.1) is 0 Å². The summed E-state index contributed by atoms with van der Waals surface area (Å²) in [6, 6.07) is 0. The maximum absolute atomic E-state index is 6.55. The summed E-state index contributed by atoms with van der Waals surface area (Å²) < 4.78 is 6.55. The second kappa shape index (κ2) is 6.89. The summed E-state index contributed by atoms with van der Waals surface area (Å²) in [5, 5.41) is 0.238. The molecule has 2 atom stereocenters. The summed E-state index contributed by atoms with van der Waals surface area (Å²) in [7, 11) is -1.74. The van der Waals surface area contributed by atoms with E-state index in [1.807, 2.05) is 0 Å². The smallest absolute Gasteiger partial charge is 0.192 e. The van der Waals surface area contributed by atoms with Crippen molar-refractivity contribution in [1.82, 2.24) is 0 Å². The van der Waals surface area contributed by atoms with E-state index in [0.717, 1.165) is 5.57 Å². The Labute approximate surface area is 122 Å². The molecule has 0 aliphatic carbocycles. The van der Waals surface area contributed by atoms with Crippen molar-refractivity contribution >= 4 is 8.32 Å². The van der Waals surface area contributed by atoms with Crippen LogP contribution in [0.5, 0.6) is 0 Å². The molecular weight excluding hydrogens is 248 g/mol. The minimum atomic E-state index is -1.74. The first-order valence-corrected chi connectivity index (χ1v) is 10.3. The van der Waals surface area contributed by atoms with E-state index in [1.165, 1.54) is 0 Å². The fourth-order valence-electron chi connectivity index (χ4n) is 1.65. The highest BCUT2D eigenvalue weighted by Gasteiger charge is 2.40. The van der Waals surface area contributed by atoms with Gasteiger partial charge in [-0.1, -0.05) is 65.8 Å². The second-order valence-corrected chi connectivity index (χ2v) is 12.4. The molecule has 0 aliphatic heterocycles. The maximum atomic E-state index is 6.55. The normalized spacial score (nSPS) is 16.9. The lowest BCUT2D eigenvalue weighted by Crippen LogP contribution is -2.45. The SMILES string of the molecule is C=C(C)[C@H](O[Si](C)(C)C(C)(C)C)[C@@H](C)/C=C/C(C)C. The molecule has 0 saturated carbocycles. The zero-order valence-corrected chi connectivity index (χ0v) is 15.5. The van der Waals surface area contributed by atoms with E-state index < -0.39 is 8.32 Å². The van der Waals surface area contributed by atoms with Crippen molar-refractivity contribution in [2.24, 2.45) is 11.8 Å². The third kappa shape index (κ3) is 6.09. The van der Waals surface area contributed by atoms with Crippen molar-refractivity contribution in [3.63, 3.8) is 0 Å². The highest BCUT2D eigenvalue weighted by Crippen LogP contribution is 2.39. The van der Waals surface area contributed by atoms with Crippen LogP contribution in [0.2, 0.25) is 18.1 Å². The van der Waals surface area contributed by atoms with E-state index in [9.17, 15) is 0 Å². The number of hydrogen-bond acceptors (Lipinski definition) is 1. The second-order valence-electron chi connectivity index (χ2n) is 7.63. The first-order valence-electron chi connectivity index (χ1n) is 7.40. The molecule has 0 radical (unpaired) electrons. The lowest BCUT2D eigenvalue weighted by molar-refractivity contribution is 0.179. The van der Waals surface area contributed by atoms with Gasteiger partial charge in [-0.25, -0.2) is 0 Å². The topological polar surface area (TPSA) is 9.23 Å². The van der Waals surface area contributed by atoms with Crippen LogP contribution in [0.25, 0.3) is 0 Å². The quantitative estimate of drug-likeness (QED) is 0.442. The van der Waals surface area contributed by atoms with Crippen molar-refractivity contribution in [2.45, 2.75) is 72.7 Å². The molecule has 0 aromatic heterocycles. The van der Waals surface area contributed by atoms with Crippen molar-refractivity contribution in [3.8, 4) is 0 Å². The molecule has 0 aromatic rings. The molecule has 0 unspecified atom stereocenters. The maximum Gasteiger partial charge on any atom is 0.192 e. The predicted molar refractivity (Wildman–Crippen MR) is 90.0 cm³/mol. The van der Waals surface area contributed by atoms with Gasteiger partial charge in [0.05, 0.1) is 6.10 Å². The van der Waals surface area contributed by atoms with Gasteiger partial charge in [-0.2, -0.15) is 0 Å². The van der Waals surface area contributed by atoms with E-state index in [2.05, 4.69) is 80.3 Å². The zero-order valence-electron chi connectivity index (χ0n) is 14.5. The van der Waals surface area contributed by atoms with Crippen LogP contribution in [0.1, 0.15) is 48.5 Å². The molecule has 0 aliphatic rings. The molecule has 0 saturated heterocycles. The minimum Gasteiger partial charge on any atom is -0.410 e. The van der Waals surface area contributed by atoms with E-state index >= 15 is 0 Å². The Kier molecular flexibility index (Phi) is 6.77. The standard InChI is InChI=1S/C17H34OSi/c1-13(2)11-12-15(5)16(14(3)4)18-19(9,10)17(6,7)8/h11-13,15-16H,3H2,1-2,4-10H3/b12-11+/t15-,16-/m0/s1. The van der Waals surface area contributed by atoms with Crippen molar-refractivity contribution in [1.29, 1.82) is 0 Å². The van der Waals surface area contributed by atoms with Gasteiger partial charge in [-0.05, 0) is 31.0 Å². The van der Waals surface area contributed by atoms with Crippen LogP contribution in [0, 0.1) is 11.8 Å². The Bertz CT molecular complexity index is 321. The predicted octanol–water partition coefficient (Wildman–Crippen LogP) is 5.80. The molecule has 0 amide bonds. The number of rotatable bonds is 6. The van der Waals surface area contributed by atoms with Crippen molar-refractivity contribution in [3.05, 3.63) is 24.3 Å². The monoisotopic (exact) mass is 282 g/mol. The van der Waals surface area contributed by atoms with E-state index in [0.29, 0.717) is 11.8 Å². The van der Waals surface area contributed by atoms with Gasteiger partial charge >= 0.3 is 0 Å².